The van der Waals surface area contributed by atoms with Crippen LogP contribution in [0.15, 0.2) is 46.9 Å². The molecular weight excluding hydrogens is 330 g/mol. The molecule has 0 aromatic heterocycles. The summed E-state index contributed by atoms with van der Waals surface area (Å²) in [6, 6.07) is 13.0. The van der Waals surface area contributed by atoms with E-state index in [4.69, 9.17) is 4.74 Å². The predicted octanol–water partition coefficient (Wildman–Crippen LogP) is 4.80. The molecule has 2 aromatic rings. The zero-order chi connectivity index (χ0) is 15.4. The second-order valence-corrected chi connectivity index (χ2v) is 5.94. The first-order valence-electron chi connectivity index (χ1n) is 6.80. The van der Waals surface area contributed by atoms with Gasteiger partial charge in [0.1, 0.15) is 5.75 Å². The van der Waals surface area contributed by atoms with Crippen LogP contribution >= 0.6 is 15.9 Å². The van der Waals surface area contributed by atoms with Crippen LogP contribution < -0.4 is 10.1 Å². The number of hydrogen-bond acceptors (Lipinski definition) is 2. The standard InChI is InChI=1S/C17H18BrNO2/c1-11(2)21-16-7-5-4-6-15(16)19-17(20)13-9-8-12(3)14(18)10-13/h4-11H,1-3H3,(H,19,20). The summed E-state index contributed by atoms with van der Waals surface area (Å²) in [7, 11) is 0. The molecule has 0 atom stereocenters. The molecule has 2 rings (SSSR count). The molecule has 0 radical (unpaired) electrons. The van der Waals surface area contributed by atoms with Gasteiger partial charge in [0.15, 0.2) is 0 Å². The van der Waals surface area contributed by atoms with E-state index < -0.39 is 0 Å². The number of para-hydroxylation sites is 2. The number of rotatable bonds is 4. The summed E-state index contributed by atoms with van der Waals surface area (Å²) in [6.07, 6.45) is 0.0524. The summed E-state index contributed by atoms with van der Waals surface area (Å²) >= 11 is 3.44. The van der Waals surface area contributed by atoms with E-state index in [2.05, 4.69) is 21.2 Å². The van der Waals surface area contributed by atoms with E-state index in [9.17, 15) is 4.79 Å². The van der Waals surface area contributed by atoms with Crippen molar-refractivity contribution in [3.63, 3.8) is 0 Å². The number of amides is 1. The van der Waals surface area contributed by atoms with Gasteiger partial charge in [0.2, 0.25) is 0 Å². The fourth-order valence-electron chi connectivity index (χ4n) is 1.86. The Morgan fingerprint density at radius 1 is 1.19 bits per heavy atom. The summed E-state index contributed by atoms with van der Waals surface area (Å²) < 4.78 is 6.62. The maximum absolute atomic E-state index is 12.3. The zero-order valence-corrected chi connectivity index (χ0v) is 13.9. The lowest BCUT2D eigenvalue weighted by Gasteiger charge is -2.15. The lowest BCUT2D eigenvalue weighted by Crippen LogP contribution is -2.14. The van der Waals surface area contributed by atoms with Crippen molar-refractivity contribution in [2.24, 2.45) is 0 Å². The third-order valence-corrected chi connectivity index (χ3v) is 3.79. The first kappa shape index (κ1) is 15.6. The number of halogens is 1. The minimum atomic E-state index is -0.157. The van der Waals surface area contributed by atoms with E-state index in [1.807, 2.05) is 57.2 Å². The SMILES string of the molecule is Cc1ccc(C(=O)Nc2ccccc2OC(C)C)cc1Br. The van der Waals surface area contributed by atoms with Gasteiger partial charge < -0.3 is 10.1 Å². The number of ether oxygens (including phenoxy) is 1. The number of aryl methyl sites for hydroxylation is 1. The number of carbonyl (C=O) groups is 1. The third-order valence-electron chi connectivity index (χ3n) is 2.93. The number of anilines is 1. The maximum Gasteiger partial charge on any atom is 0.255 e. The van der Waals surface area contributed by atoms with Crippen LogP contribution in [0.4, 0.5) is 5.69 Å². The van der Waals surface area contributed by atoms with Crippen molar-refractivity contribution >= 4 is 27.5 Å². The fourth-order valence-corrected chi connectivity index (χ4v) is 2.23. The second-order valence-electron chi connectivity index (χ2n) is 5.08. The van der Waals surface area contributed by atoms with E-state index in [1.165, 1.54) is 0 Å². The van der Waals surface area contributed by atoms with Gasteiger partial charge in [-0.25, -0.2) is 0 Å². The molecule has 1 amide bonds. The summed E-state index contributed by atoms with van der Waals surface area (Å²) in [4.78, 5) is 12.3. The van der Waals surface area contributed by atoms with Crippen molar-refractivity contribution in [1.82, 2.24) is 0 Å². The number of nitrogens with one attached hydrogen (secondary N) is 1. The van der Waals surface area contributed by atoms with Crippen molar-refractivity contribution < 1.29 is 9.53 Å². The molecule has 0 bridgehead atoms. The van der Waals surface area contributed by atoms with Gasteiger partial charge in [-0.3, -0.25) is 4.79 Å². The number of hydrogen-bond donors (Lipinski definition) is 1. The Morgan fingerprint density at radius 3 is 2.57 bits per heavy atom. The summed E-state index contributed by atoms with van der Waals surface area (Å²) in [5.41, 5.74) is 2.37. The maximum atomic E-state index is 12.3. The third kappa shape index (κ3) is 4.08. The smallest absolute Gasteiger partial charge is 0.255 e. The number of benzene rings is 2. The Morgan fingerprint density at radius 2 is 1.90 bits per heavy atom. The van der Waals surface area contributed by atoms with Gasteiger partial charge in [0.25, 0.3) is 5.91 Å². The number of carbonyl (C=O) groups excluding carboxylic acids is 1. The highest BCUT2D eigenvalue weighted by atomic mass is 79.9. The van der Waals surface area contributed by atoms with E-state index >= 15 is 0 Å². The molecule has 2 aromatic carbocycles. The van der Waals surface area contributed by atoms with Gasteiger partial charge in [-0.05, 0) is 50.6 Å². The van der Waals surface area contributed by atoms with Crippen LogP contribution in [0.1, 0.15) is 29.8 Å². The van der Waals surface area contributed by atoms with E-state index in [0.717, 1.165) is 10.0 Å². The summed E-state index contributed by atoms with van der Waals surface area (Å²) in [5.74, 6) is 0.516. The second kappa shape index (κ2) is 6.76. The largest absolute Gasteiger partial charge is 0.489 e. The van der Waals surface area contributed by atoms with Gasteiger partial charge in [-0.2, -0.15) is 0 Å². The average Bonchev–Trinajstić information content (AvgIpc) is 2.43. The van der Waals surface area contributed by atoms with Crippen LogP contribution in [0.3, 0.4) is 0 Å². The molecular formula is C17H18BrNO2. The first-order valence-corrected chi connectivity index (χ1v) is 7.60. The van der Waals surface area contributed by atoms with Crippen LogP contribution in [0.2, 0.25) is 0 Å². The molecule has 0 heterocycles. The van der Waals surface area contributed by atoms with Crippen LogP contribution in [-0.4, -0.2) is 12.0 Å². The van der Waals surface area contributed by atoms with Crippen molar-refractivity contribution in [2.45, 2.75) is 26.9 Å². The molecule has 0 saturated carbocycles. The molecule has 0 spiro atoms. The molecule has 0 saturated heterocycles. The van der Waals surface area contributed by atoms with Gasteiger partial charge in [0, 0.05) is 10.0 Å². The monoisotopic (exact) mass is 347 g/mol. The van der Waals surface area contributed by atoms with Gasteiger partial charge >= 0.3 is 0 Å². The van der Waals surface area contributed by atoms with Crippen LogP contribution in [0.5, 0.6) is 5.75 Å². The Kier molecular flexibility index (Phi) is 5.02. The zero-order valence-electron chi connectivity index (χ0n) is 12.3. The quantitative estimate of drug-likeness (QED) is 0.862. The highest BCUT2D eigenvalue weighted by Gasteiger charge is 2.11. The van der Waals surface area contributed by atoms with Crippen molar-refractivity contribution in [3.05, 3.63) is 58.1 Å². The molecule has 0 aliphatic rings. The lowest BCUT2D eigenvalue weighted by atomic mass is 10.1. The highest BCUT2D eigenvalue weighted by molar-refractivity contribution is 9.10. The van der Waals surface area contributed by atoms with E-state index in [-0.39, 0.29) is 12.0 Å². The minimum absolute atomic E-state index is 0.0524. The Bertz CT molecular complexity index is 653. The Balaban J connectivity index is 2.21. The molecule has 3 nitrogen and oxygen atoms in total. The Hall–Kier alpha value is -1.81. The summed E-state index contributed by atoms with van der Waals surface area (Å²) in [5, 5.41) is 2.89. The topological polar surface area (TPSA) is 38.3 Å². The molecule has 0 unspecified atom stereocenters. The molecule has 4 heteroatoms. The summed E-state index contributed by atoms with van der Waals surface area (Å²) in [6.45, 7) is 5.89. The van der Waals surface area contributed by atoms with Gasteiger partial charge in [-0.15, -0.1) is 0 Å². The molecule has 21 heavy (non-hydrogen) atoms. The van der Waals surface area contributed by atoms with E-state index in [0.29, 0.717) is 17.0 Å². The van der Waals surface area contributed by atoms with Gasteiger partial charge in [0.05, 0.1) is 11.8 Å². The van der Waals surface area contributed by atoms with Crippen molar-refractivity contribution in [2.75, 3.05) is 5.32 Å². The molecule has 1 N–H and O–H groups in total. The fraction of sp³-hybridized carbons (Fsp3) is 0.235. The van der Waals surface area contributed by atoms with Crippen molar-refractivity contribution in [1.29, 1.82) is 0 Å². The Labute approximate surface area is 133 Å². The minimum Gasteiger partial charge on any atom is -0.489 e. The first-order chi connectivity index (χ1) is 9.97. The molecule has 0 aliphatic heterocycles. The van der Waals surface area contributed by atoms with Crippen LogP contribution in [0, 0.1) is 6.92 Å². The van der Waals surface area contributed by atoms with Crippen LogP contribution in [0.25, 0.3) is 0 Å². The van der Waals surface area contributed by atoms with Gasteiger partial charge in [-0.1, -0.05) is 34.1 Å². The van der Waals surface area contributed by atoms with E-state index in [1.54, 1.807) is 6.07 Å². The molecule has 110 valence electrons. The molecule has 0 aliphatic carbocycles. The lowest BCUT2D eigenvalue weighted by molar-refractivity contribution is 0.102. The molecule has 0 fully saturated rings. The predicted molar refractivity (Wildman–Crippen MR) is 89.0 cm³/mol. The normalized spacial score (nSPS) is 10.5. The van der Waals surface area contributed by atoms with Crippen LogP contribution in [-0.2, 0) is 0 Å². The van der Waals surface area contributed by atoms with Crippen molar-refractivity contribution in [3.8, 4) is 5.75 Å². The highest BCUT2D eigenvalue weighted by Crippen LogP contribution is 2.26. The average molecular weight is 348 g/mol.